The van der Waals surface area contributed by atoms with Gasteiger partial charge in [0.2, 0.25) is 5.82 Å². The Morgan fingerprint density at radius 3 is 2.56 bits per heavy atom. The lowest BCUT2D eigenvalue weighted by Gasteiger charge is -2.21. The molecule has 1 aliphatic heterocycles. The van der Waals surface area contributed by atoms with Gasteiger partial charge in [-0.3, -0.25) is 4.98 Å². The SMILES string of the molecule is Cc1ccc(-c2ccc(-c3nnn(C[C@H]4CCCCO4)n3)cc2)cn1. The fraction of sp³-hybridized carbons (Fsp3) is 0.368. The molecule has 1 saturated heterocycles. The number of hydrogen-bond donors (Lipinski definition) is 0. The van der Waals surface area contributed by atoms with Crippen LogP contribution in [0.3, 0.4) is 0 Å². The highest BCUT2D eigenvalue weighted by Crippen LogP contribution is 2.22. The number of pyridine rings is 1. The molecule has 1 aliphatic rings. The Bertz CT molecular complexity index is 820. The number of aromatic nitrogens is 5. The predicted molar refractivity (Wildman–Crippen MR) is 94.8 cm³/mol. The number of hydrogen-bond acceptors (Lipinski definition) is 5. The van der Waals surface area contributed by atoms with Crippen LogP contribution in [0.15, 0.2) is 42.6 Å². The Balaban J connectivity index is 1.47. The molecule has 1 atom stereocenters. The molecule has 0 amide bonds. The second kappa shape index (κ2) is 7.11. The summed E-state index contributed by atoms with van der Waals surface area (Å²) < 4.78 is 5.74. The summed E-state index contributed by atoms with van der Waals surface area (Å²) in [6.07, 6.45) is 5.52. The van der Waals surface area contributed by atoms with Crippen molar-refractivity contribution in [2.24, 2.45) is 0 Å². The van der Waals surface area contributed by atoms with E-state index < -0.39 is 0 Å². The zero-order valence-corrected chi connectivity index (χ0v) is 14.3. The Hall–Kier alpha value is -2.60. The summed E-state index contributed by atoms with van der Waals surface area (Å²) in [5.41, 5.74) is 4.20. The largest absolute Gasteiger partial charge is 0.376 e. The van der Waals surface area contributed by atoms with Crippen molar-refractivity contribution in [3.8, 4) is 22.5 Å². The molecule has 0 N–H and O–H groups in total. The molecular weight excluding hydrogens is 314 g/mol. The Morgan fingerprint density at radius 1 is 1.04 bits per heavy atom. The van der Waals surface area contributed by atoms with E-state index in [2.05, 4.69) is 38.6 Å². The summed E-state index contributed by atoms with van der Waals surface area (Å²) in [5, 5.41) is 12.8. The minimum absolute atomic E-state index is 0.201. The Morgan fingerprint density at radius 2 is 1.84 bits per heavy atom. The zero-order valence-electron chi connectivity index (χ0n) is 14.3. The van der Waals surface area contributed by atoms with Crippen LogP contribution in [-0.4, -0.2) is 37.9 Å². The molecule has 0 unspecified atom stereocenters. The third-order valence-electron chi connectivity index (χ3n) is 4.48. The summed E-state index contributed by atoms with van der Waals surface area (Å²) in [6, 6.07) is 12.3. The van der Waals surface area contributed by atoms with E-state index in [1.807, 2.05) is 31.3 Å². The van der Waals surface area contributed by atoms with E-state index in [0.717, 1.165) is 41.8 Å². The van der Waals surface area contributed by atoms with Crippen LogP contribution in [-0.2, 0) is 11.3 Å². The monoisotopic (exact) mass is 335 g/mol. The van der Waals surface area contributed by atoms with Crippen LogP contribution in [0.2, 0.25) is 0 Å². The molecule has 0 saturated carbocycles. The second-order valence-corrected chi connectivity index (χ2v) is 6.42. The molecule has 25 heavy (non-hydrogen) atoms. The zero-order chi connectivity index (χ0) is 17.1. The molecule has 3 aromatic rings. The van der Waals surface area contributed by atoms with Crippen molar-refractivity contribution in [1.82, 2.24) is 25.2 Å². The van der Waals surface area contributed by atoms with E-state index in [-0.39, 0.29) is 6.10 Å². The van der Waals surface area contributed by atoms with Gasteiger partial charge in [0.05, 0.1) is 12.6 Å². The van der Waals surface area contributed by atoms with E-state index in [1.54, 1.807) is 4.80 Å². The van der Waals surface area contributed by atoms with Gasteiger partial charge in [-0.05, 0) is 43.0 Å². The highest BCUT2D eigenvalue weighted by Gasteiger charge is 2.16. The highest BCUT2D eigenvalue weighted by atomic mass is 16.5. The molecule has 0 aliphatic carbocycles. The predicted octanol–water partition coefficient (Wildman–Crippen LogP) is 3.28. The van der Waals surface area contributed by atoms with E-state index in [0.29, 0.717) is 12.4 Å². The number of benzene rings is 1. The number of nitrogens with zero attached hydrogens (tertiary/aromatic N) is 5. The molecule has 2 aromatic heterocycles. The molecule has 1 aromatic carbocycles. The molecule has 6 nitrogen and oxygen atoms in total. The Labute approximate surface area is 146 Å². The normalized spacial score (nSPS) is 17.6. The van der Waals surface area contributed by atoms with Gasteiger partial charge in [0.15, 0.2) is 0 Å². The number of rotatable bonds is 4. The van der Waals surface area contributed by atoms with Gasteiger partial charge in [-0.2, -0.15) is 4.80 Å². The maximum Gasteiger partial charge on any atom is 0.204 e. The van der Waals surface area contributed by atoms with E-state index >= 15 is 0 Å². The van der Waals surface area contributed by atoms with Crippen molar-refractivity contribution < 1.29 is 4.74 Å². The molecule has 128 valence electrons. The van der Waals surface area contributed by atoms with Crippen molar-refractivity contribution >= 4 is 0 Å². The first-order chi connectivity index (χ1) is 12.3. The van der Waals surface area contributed by atoms with Crippen LogP contribution >= 0.6 is 0 Å². The number of tetrazole rings is 1. The second-order valence-electron chi connectivity index (χ2n) is 6.42. The smallest absolute Gasteiger partial charge is 0.204 e. The third-order valence-corrected chi connectivity index (χ3v) is 4.48. The first kappa shape index (κ1) is 15.9. The third kappa shape index (κ3) is 3.74. The summed E-state index contributed by atoms with van der Waals surface area (Å²) in [4.78, 5) is 5.99. The van der Waals surface area contributed by atoms with Crippen molar-refractivity contribution in [2.75, 3.05) is 6.61 Å². The van der Waals surface area contributed by atoms with Gasteiger partial charge >= 0.3 is 0 Å². The first-order valence-corrected chi connectivity index (χ1v) is 8.71. The quantitative estimate of drug-likeness (QED) is 0.732. The number of ether oxygens (including phenoxy) is 1. The molecule has 0 spiro atoms. The van der Waals surface area contributed by atoms with Crippen LogP contribution in [0, 0.1) is 6.92 Å². The fourth-order valence-electron chi connectivity index (χ4n) is 3.02. The number of aryl methyl sites for hydroxylation is 1. The molecule has 1 fully saturated rings. The first-order valence-electron chi connectivity index (χ1n) is 8.71. The van der Waals surface area contributed by atoms with Crippen LogP contribution in [0.5, 0.6) is 0 Å². The summed E-state index contributed by atoms with van der Waals surface area (Å²) in [6.45, 7) is 3.49. The van der Waals surface area contributed by atoms with Gasteiger partial charge in [-0.15, -0.1) is 10.2 Å². The fourth-order valence-corrected chi connectivity index (χ4v) is 3.02. The summed E-state index contributed by atoms with van der Waals surface area (Å²) in [5.74, 6) is 0.643. The lowest BCUT2D eigenvalue weighted by molar-refractivity contribution is 0.00133. The lowest BCUT2D eigenvalue weighted by Crippen LogP contribution is -2.25. The standard InChI is InChI=1S/C19H21N5O/c1-14-5-6-17(12-20-14)15-7-9-16(10-8-15)19-21-23-24(22-19)13-18-4-2-3-11-25-18/h5-10,12,18H,2-4,11,13H2,1H3/t18-/m1/s1. The van der Waals surface area contributed by atoms with Crippen molar-refractivity contribution in [1.29, 1.82) is 0 Å². The van der Waals surface area contributed by atoms with Crippen LogP contribution < -0.4 is 0 Å². The van der Waals surface area contributed by atoms with Gasteiger partial charge in [-0.25, -0.2) is 0 Å². The molecule has 3 heterocycles. The molecule has 6 heteroatoms. The Kier molecular flexibility index (Phi) is 4.52. The van der Waals surface area contributed by atoms with Gasteiger partial charge in [0.25, 0.3) is 0 Å². The van der Waals surface area contributed by atoms with E-state index in [4.69, 9.17) is 4.74 Å². The van der Waals surface area contributed by atoms with Gasteiger partial charge in [0, 0.05) is 29.6 Å². The molecule has 0 bridgehead atoms. The average molecular weight is 335 g/mol. The van der Waals surface area contributed by atoms with Crippen LogP contribution in [0.1, 0.15) is 25.0 Å². The summed E-state index contributed by atoms with van der Waals surface area (Å²) in [7, 11) is 0. The average Bonchev–Trinajstić information content (AvgIpc) is 3.12. The van der Waals surface area contributed by atoms with Crippen LogP contribution in [0.25, 0.3) is 22.5 Å². The highest BCUT2D eigenvalue weighted by molar-refractivity contribution is 5.66. The van der Waals surface area contributed by atoms with Gasteiger partial charge in [0.1, 0.15) is 0 Å². The topological polar surface area (TPSA) is 65.7 Å². The van der Waals surface area contributed by atoms with E-state index in [9.17, 15) is 0 Å². The van der Waals surface area contributed by atoms with Crippen molar-refractivity contribution in [2.45, 2.75) is 38.8 Å². The summed E-state index contributed by atoms with van der Waals surface area (Å²) >= 11 is 0. The van der Waals surface area contributed by atoms with E-state index in [1.165, 1.54) is 6.42 Å². The maximum absolute atomic E-state index is 5.74. The minimum atomic E-state index is 0.201. The lowest BCUT2D eigenvalue weighted by atomic mass is 10.1. The molecule has 0 radical (unpaired) electrons. The molecular formula is C19H21N5O. The maximum atomic E-state index is 5.74. The molecule has 4 rings (SSSR count). The van der Waals surface area contributed by atoms with Crippen molar-refractivity contribution in [3.05, 3.63) is 48.3 Å². The van der Waals surface area contributed by atoms with Gasteiger partial charge in [-0.1, -0.05) is 30.3 Å². The van der Waals surface area contributed by atoms with Crippen molar-refractivity contribution in [3.63, 3.8) is 0 Å². The minimum Gasteiger partial charge on any atom is -0.376 e. The van der Waals surface area contributed by atoms with Crippen LogP contribution in [0.4, 0.5) is 0 Å². The van der Waals surface area contributed by atoms with Gasteiger partial charge < -0.3 is 4.74 Å².